The van der Waals surface area contributed by atoms with E-state index in [2.05, 4.69) is 45.1 Å². The molecule has 0 N–H and O–H groups in total. The second-order valence-corrected chi connectivity index (χ2v) is 4.87. The Balaban J connectivity index is 2.51. The Kier molecular flexibility index (Phi) is 4.95. The molecule has 0 nitrogen and oxygen atoms in total. The van der Waals surface area contributed by atoms with E-state index in [9.17, 15) is 0 Å². The molecule has 1 heterocycles. The van der Waals surface area contributed by atoms with Crippen molar-refractivity contribution in [3.8, 4) is 0 Å². The summed E-state index contributed by atoms with van der Waals surface area (Å²) in [5.74, 6) is 0.683. The van der Waals surface area contributed by atoms with Crippen LogP contribution in [0.1, 0.15) is 49.3 Å². The number of thiophene rings is 1. The van der Waals surface area contributed by atoms with Crippen molar-refractivity contribution in [2.45, 2.75) is 46.0 Å². The van der Waals surface area contributed by atoms with Crippen molar-refractivity contribution in [2.75, 3.05) is 0 Å². The molecule has 1 aromatic rings. The lowest BCUT2D eigenvalue weighted by Crippen LogP contribution is -1.86. The lowest BCUT2D eigenvalue weighted by molar-refractivity contribution is 0.795. The van der Waals surface area contributed by atoms with E-state index in [1.54, 1.807) is 0 Å². The first-order valence-electron chi connectivity index (χ1n) is 5.51. The van der Waals surface area contributed by atoms with E-state index in [0.29, 0.717) is 5.92 Å². The van der Waals surface area contributed by atoms with Gasteiger partial charge in [-0.2, -0.15) is 0 Å². The SMILES string of the molecule is CC/C=C\CC(C)c1ccc(CC)s1. The first-order chi connectivity index (χ1) is 6.77. The molecule has 0 spiro atoms. The molecule has 0 saturated carbocycles. The van der Waals surface area contributed by atoms with Crippen LogP contribution in [0.3, 0.4) is 0 Å². The van der Waals surface area contributed by atoms with Crippen LogP contribution in [0.15, 0.2) is 24.3 Å². The highest BCUT2D eigenvalue weighted by Crippen LogP contribution is 2.27. The molecule has 1 heteroatoms. The Bertz CT molecular complexity index is 283. The Morgan fingerprint density at radius 1 is 1.29 bits per heavy atom. The zero-order valence-electron chi connectivity index (χ0n) is 9.42. The van der Waals surface area contributed by atoms with Crippen LogP contribution in [0, 0.1) is 0 Å². The summed E-state index contributed by atoms with van der Waals surface area (Å²) in [4.78, 5) is 3.04. The molecule has 0 amide bonds. The molecular weight excluding hydrogens is 188 g/mol. The Labute approximate surface area is 91.7 Å². The van der Waals surface area contributed by atoms with Crippen LogP contribution < -0.4 is 0 Å². The maximum absolute atomic E-state index is 2.31. The van der Waals surface area contributed by atoms with Crippen molar-refractivity contribution in [1.82, 2.24) is 0 Å². The van der Waals surface area contributed by atoms with E-state index in [0.717, 1.165) is 6.42 Å². The van der Waals surface area contributed by atoms with Gasteiger partial charge in [-0.05, 0) is 37.3 Å². The molecule has 1 unspecified atom stereocenters. The standard InChI is InChI=1S/C13H20S/c1-4-6-7-8-11(3)13-10-9-12(5-2)14-13/h6-7,9-11H,4-5,8H2,1-3H3/b7-6-. The third-order valence-corrected chi connectivity index (χ3v) is 3.87. The van der Waals surface area contributed by atoms with E-state index < -0.39 is 0 Å². The van der Waals surface area contributed by atoms with Gasteiger partial charge in [-0.1, -0.05) is 32.9 Å². The largest absolute Gasteiger partial charge is 0.145 e. The first kappa shape index (κ1) is 11.5. The topological polar surface area (TPSA) is 0 Å². The van der Waals surface area contributed by atoms with Crippen LogP contribution >= 0.6 is 11.3 Å². The fourth-order valence-electron chi connectivity index (χ4n) is 1.43. The van der Waals surface area contributed by atoms with Gasteiger partial charge in [0, 0.05) is 9.75 Å². The Morgan fingerprint density at radius 2 is 2.07 bits per heavy atom. The summed E-state index contributed by atoms with van der Waals surface area (Å²) in [6, 6.07) is 4.55. The molecule has 14 heavy (non-hydrogen) atoms. The third-order valence-electron chi connectivity index (χ3n) is 2.41. The highest BCUT2D eigenvalue weighted by atomic mass is 32.1. The molecule has 0 aromatic carbocycles. The highest BCUT2D eigenvalue weighted by molar-refractivity contribution is 7.12. The van der Waals surface area contributed by atoms with Gasteiger partial charge in [0.05, 0.1) is 0 Å². The molecule has 0 aliphatic carbocycles. The number of rotatable bonds is 5. The van der Waals surface area contributed by atoms with Crippen LogP contribution in [0.5, 0.6) is 0 Å². The summed E-state index contributed by atoms with van der Waals surface area (Å²) in [6.45, 7) is 6.71. The van der Waals surface area contributed by atoms with Crippen LogP contribution in [-0.2, 0) is 6.42 Å². The minimum atomic E-state index is 0.683. The van der Waals surface area contributed by atoms with Gasteiger partial charge in [0.25, 0.3) is 0 Å². The molecule has 0 aliphatic rings. The summed E-state index contributed by atoms with van der Waals surface area (Å²) < 4.78 is 0. The molecule has 0 bridgehead atoms. The molecule has 0 radical (unpaired) electrons. The lowest BCUT2D eigenvalue weighted by Gasteiger charge is -2.04. The van der Waals surface area contributed by atoms with Crippen molar-refractivity contribution in [3.05, 3.63) is 34.0 Å². The quantitative estimate of drug-likeness (QED) is 0.611. The van der Waals surface area contributed by atoms with Crippen LogP contribution in [0.4, 0.5) is 0 Å². The molecule has 78 valence electrons. The zero-order chi connectivity index (χ0) is 10.4. The van der Waals surface area contributed by atoms with E-state index in [1.165, 1.54) is 22.6 Å². The number of hydrogen-bond acceptors (Lipinski definition) is 1. The summed E-state index contributed by atoms with van der Waals surface area (Å²) in [6.07, 6.45) is 8.05. The average Bonchev–Trinajstić information content (AvgIpc) is 2.66. The monoisotopic (exact) mass is 208 g/mol. The van der Waals surface area contributed by atoms with Crippen molar-refractivity contribution in [2.24, 2.45) is 0 Å². The predicted octanol–water partition coefficient (Wildman–Crippen LogP) is 4.77. The van der Waals surface area contributed by atoms with Gasteiger partial charge in [0.1, 0.15) is 0 Å². The summed E-state index contributed by atoms with van der Waals surface area (Å²) in [5.41, 5.74) is 0. The smallest absolute Gasteiger partial charge is 0.00794 e. The van der Waals surface area contributed by atoms with Crippen molar-refractivity contribution >= 4 is 11.3 Å². The maximum Gasteiger partial charge on any atom is 0.00794 e. The van der Waals surface area contributed by atoms with E-state index in [4.69, 9.17) is 0 Å². The third kappa shape index (κ3) is 3.30. The fraction of sp³-hybridized carbons (Fsp3) is 0.538. The summed E-state index contributed by atoms with van der Waals surface area (Å²) in [7, 11) is 0. The second-order valence-electron chi connectivity index (χ2n) is 3.67. The van der Waals surface area contributed by atoms with Gasteiger partial charge >= 0.3 is 0 Å². The van der Waals surface area contributed by atoms with Gasteiger partial charge in [0.15, 0.2) is 0 Å². The van der Waals surface area contributed by atoms with Gasteiger partial charge in [-0.25, -0.2) is 0 Å². The van der Waals surface area contributed by atoms with Crippen molar-refractivity contribution in [3.63, 3.8) is 0 Å². The fourth-order valence-corrected chi connectivity index (χ4v) is 2.45. The van der Waals surface area contributed by atoms with E-state index in [-0.39, 0.29) is 0 Å². The molecule has 0 aliphatic heterocycles. The van der Waals surface area contributed by atoms with E-state index >= 15 is 0 Å². The van der Waals surface area contributed by atoms with Crippen molar-refractivity contribution < 1.29 is 0 Å². The van der Waals surface area contributed by atoms with Gasteiger partial charge in [0.2, 0.25) is 0 Å². The second kappa shape index (κ2) is 6.02. The van der Waals surface area contributed by atoms with E-state index in [1.807, 2.05) is 11.3 Å². The molecule has 0 fully saturated rings. The van der Waals surface area contributed by atoms with Gasteiger partial charge in [-0.15, -0.1) is 11.3 Å². The molecular formula is C13H20S. The van der Waals surface area contributed by atoms with Gasteiger partial charge in [-0.3, -0.25) is 0 Å². The zero-order valence-corrected chi connectivity index (χ0v) is 10.2. The molecule has 1 rings (SSSR count). The van der Waals surface area contributed by atoms with Crippen LogP contribution in [-0.4, -0.2) is 0 Å². The number of hydrogen-bond donors (Lipinski definition) is 0. The Hall–Kier alpha value is -0.560. The summed E-state index contributed by atoms with van der Waals surface area (Å²) >= 11 is 1.97. The summed E-state index contributed by atoms with van der Waals surface area (Å²) in [5, 5.41) is 0. The number of aryl methyl sites for hydroxylation is 1. The molecule has 1 atom stereocenters. The molecule has 0 saturated heterocycles. The maximum atomic E-state index is 2.31. The minimum absolute atomic E-state index is 0.683. The lowest BCUT2D eigenvalue weighted by atomic mass is 10.1. The van der Waals surface area contributed by atoms with Crippen LogP contribution in [0.2, 0.25) is 0 Å². The molecule has 1 aromatic heterocycles. The minimum Gasteiger partial charge on any atom is -0.145 e. The average molecular weight is 208 g/mol. The first-order valence-corrected chi connectivity index (χ1v) is 6.33. The normalized spacial score (nSPS) is 13.6. The van der Waals surface area contributed by atoms with Crippen LogP contribution in [0.25, 0.3) is 0 Å². The van der Waals surface area contributed by atoms with Crippen molar-refractivity contribution in [1.29, 1.82) is 0 Å². The number of allylic oxidation sites excluding steroid dienone is 2. The highest BCUT2D eigenvalue weighted by Gasteiger charge is 2.05. The predicted molar refractivity (Wildman–Crippen MR) is 66.2 cm³/mol. The van der Waals surface area contributed by atoms with Gasteiger partial charge < -0.3 is 0 Å². The Morgan fingerprint density at radius 3 is 2.64 bits per heavy atom.